The molecule has 0 unspecified atom stereocenters. The second kappa shape index (κ2) is 5.04. The molecular weight excluding hydrogens is 281 g/mol. The maximum atomic E-state index is 13.6. The molecule has 0 saturated carbocycles. The van der Waals surface area contributed by atoms with Crippen LogP contribution < -0.4 is 0 Å². The molecule has 0 atom stereocenters. The highest BCUT2D eigenvalue weighted by molar-refractivity contribution is 6.31. The maximum absolute atomic E-state index is 13.6. The van der Waals surface area contributed by atoms with Gasteiger partial charge in [0, 0.05) is 5.02 Å². The molecule has 1 nitrogen and oxygen atoms in total. The largest absolute Gasteiger partial charge is 0.288 e. The van der Waals surface area contributed by atoms with Crippen LogP contribution >= 0.6 is 23.2 Å². The Morgan fingerprint density at radius 3 is 2.39 bits per heavy atom. The number of carbonyl (C=O) groups is 1. The third kappa shape index (κ3) is 2.37. The summed E-state index contributed by atoms with van der Waals surface area (Å²) in [5.41, 5.74) is -0.524. The van der Waals surface area contributed by atoms with Gasteiger partial charge in [0.1, 0.15) is 5.82 Å². The van der Waals surface area contributed by atoms with Gasteiger partial charge >= 0.3 is 0 Å². The van der Waals surface area contributed by atoms with Crippen molar-refractivity contribution in [2.24, 2.45) is 0 Å². The minimum absolute atomic E-state index is 0.163. The molecule has 2 aromatic rings. The number of benzene rings is 2. The van der Waals surface area contributed by atoms with Crippen LogP contribution in [0.2, 0.25) is 10.0 Å². The van der Waals surface area contributed by atoms with Crippen molar-refractivity contribution in [3.05, 3.63) is 69.2 Å². The fraction of sp³-hybridized carbons (Fsp3) is 0. The van der Waals surface area contributed by atoms with Crippen molar-refractivity contribution in [3.63, 3.8) is 0 Å². The Bertz CT molecular complexity index is 626. The molecule has 0 amide bonds. The Labute approximate surface area is 112 Å². The first-order valence-corrected chi connectivity index (χ1v) is 5.70. The van der Waals surface area contributed by atoms with E-state index in [9.17, 15) is 13.6 Å². The van der Waals surface area contributed by atoms with E-state index in [2.05, 4.69) is 0 Å². The van der Waals surface area contributed by atoms with Crippen LogP contribution in [0, 0.1) is 11.6 Å². The van der Waals surface area contributed by atoms with Crippen LogP contribution in [0.25, 0.3) is 0 Å². The number of hydrogen-bond donors (Lipinski definition) is 0. The summed E-state index contributed by atoms with van der Waals surface area (Å²) in [4.78, 5) is 12.0. The van der Waals surface area contributed by atoms with E-state index in [4.69, 9.17) is 23.2 Å². The van der Waals surface area contributed by atoms with E-state index < -0.39 is 17.4 Å². The summed E-state index contributed by atoms with van der Waals surface area (Å²) >= 11 is 11.1. The minimum atomic E-state index is -0.862. The Kier molecular flexibility index (Phi) is 3.64. The zero-order valence-electron chi connectivity index (χ0n) is 8.88. The van der Waals surface area contributed by atoms with Crippen molar-refractivity contribution < 1.29 is 13.6 Å². The molecule has 0 saturated heterocycles. The highest BCUT2D eigenvalue weighted by Crippen LogP contribution is 2.23. The Morgan fingerprint density at radius 1 is 1.00 bits per heavy atom. The van der Waals surface area contributed by atoms with E-state index in [1.54, 1.807) is 0 Å². The highest BCUT2D eigenvalue weighted by atomic mass is 35.5. The molecule has 5 heteroatoms. The average molecular weight is 287 g/mol. The summed E-state index contributed by atoms with van der Waals surface area (Å²) in [5, 5.41) is -0.0224. The monoisotopic (exact) mass is 286 g/mol. The van der Waals surface area contributed by atoms with Crippen LogP contribution in [-0.4, -0.2) is 5.78 Å². The topological polar surface area (TPSA) is 17.1 Å². The zero-order chi connectivity index (χ0) is 13.3. The molecular formula is C13H6Cl2F2O. The Hall–Kier alpha value is -1.45. The van der Waals surface area contributed by atoms with Gasteiger partial charge in [0.15, 0.2) is 11.6 Å². The molecule has 0 N–H and O–H groups in total. The first-order chi connectivity index (χ1) is 8.50. The quantitative estimate of drug-likeness (QED) is 0.743. The van der Waals surface area contributed by atoms with Gasteiger partial charge in [-0.15, -0.1) is 0 Å². The van der Waals surface area contributed by atoms with Crippen LogP contribution in [0.15, 0.2) is 36.4 Å². The zero-order valence-corrected chi connectivity index (χ0v) is 10.4. The molecule has 0 spiro atoms. The lowest BCUT2D eigenvalue weighted by Gasteiger charge is -2.05. The van der Waals surface area contributed by atoms with Crippen molar-refractivity contribution in [3.8, 4) is 0 Å². The van der Waals surface area contributed by atoms with E-state index in [1.165, 1.54) is 30.3 Å². The Balaban J connectivity index is 2.51. The number of carbonyl (C=O) groups excluding carboxylic acids is 1. The molecule has 0 radical (unpaired) electrons. The second-order valence-corrected chi connectivity index (χ2v) is 4.40. The molecule has 92 valence electrons. The molecule has 0 aliphatic carbocycles. The predicted molar refractivity (Wildman–Crippen MR) is 66.3 cm³/mol. The van der Waals surface area contributed by atoms with Crippen LogP contribution in [0.4, 0.5) is 8.78 Å². The fourth-order valence-electron chi connectivity index (χ4n) is 1.50. The lowest BCUT2D eigenvalue weighted by atomic mass is 10.0. The third-order valence-corrected chi connectivity index (χ3v) is 2.90. The van der Waals surface area contributed by atoms with E-state index in [0.29, 0.717) is 0 Å². The highest BCUT2D eigenvalue weighted by Gasteiger charge is 2.19. The van der Waals surface area contributed by atoms with Crippen LogP contribution in [0.3, 0.4) is 0 Å². The summed E-state index contributed by atoms with van der Waals surface area (Å²) in [7, 11) is 0. The maximum Gasteiger partial charge on any atom is 0.198 e. The molecule has 18 heavy (non-hydrogen) atoms. The number of rotatable bonds is 2. The van der Waals surface area contributed by atoms with Gasteiger partial charge in [-0.25, -0.2) is 8.78 Å². The van der Waals surface area contributed by atoms with E-state index >= 15 is 0 Å². The van der Waals surface area contributed by atoms with Gasteiger partial charge in [-0.1, -0.05) is 29.3 Å². The van der Waals surface area contributed by atoms with Gasteiger partial charge in [-0.05, 0) is 30.3 Å². The van der Waals surface area contributed by atoms with Gasteiger partial charge in [0.25, 0.3) is 0 Å². The van der Waals surface area contributed by atoms with Crippen LogP contribution in [0.5, 0.6) is 0 Å². The molecule has 0 aliphatic rings. The summed E-state index contributed by atoms with van der Waals surface area (Å²) < 4.78 is 27.2. The van der Waals surface area contributed by atoms with Gasteiger partial charge < -0.3 is 0 Å². The lowest BCUT2D eigenvalue weighted by Crippen LogP contribution is -2.07. The number of halogens is 4. The smallest absolute Gasteiger partial charge is 0.198 e. The molecule has 2 rings (SSSR count). The predicted octanol–water partition coefficient (Wildman–Crippen LogP) is 4.50. The molecule has 0 bridgehead atoms. The average Bonchev–Trinajstić information content (AvgIpc) is 2.32. The fourth-order valence-corrected chi connectivity index (χ4v) is 1.83. The van der Waals surface area contributed by atoms with Gasteiger partial charge in [-0.3, -0.25) is 4.79 Å². The SMILES string of the molecule is O=C(c1ccc(Cl)cc1F)c1cccc(Cl)c1F. The minimum Gasteiger partial charge on any atom is -0.288 e. The summed E-state index contributed by atoms with van der Waals surface area (Å²) in [6, 6.07) is 7.55. The first kappa shape index (κ1) is 13.0. The molecule has 0 fully saturated rings. The van der Waals surface area contributed by atoms with E-state index in [0.717, 1.165) is 6.07 Å². The first-order valence-electron chi connectivity index (χ1n) is 4.94. The van der Waals surface area contributed by atoms with Gasteiger partial charge in [-0.2, -0.15) is 0 Å². The van der Waals surface area contributed by atoms with Crippen molar-refractivity contribution in [1.82, 2.24) is 0 Å². The van der Waals surface area contributed by atoms with Crippen molar-refractivity contribution in [2.75, 3.05) is 0 Å². The van der Waals surface area contributed by atoms with Gasteiger partial charge in [0.2, 0.25) is 0 Å². The standard InChI is InChI=1S/C13H6Cl2F2O/c14-7-4-5-8(11(16)6-7)13(18)9-2-1-3-10(15)12(9)17/h1-6H. The van der Waals surface area contributed by atoms with Gasteiger partial charge in [0.05, 0.1) is 16.1 Å². The molecule has 2 aromatic carbocycles. The molecule has 0 heterocycles. The Morgan fingerprint density at radius 2 is 1.72 bits per heavy atom. The van der Waals surface area contributed by atoms with Crippen molar-refractivity contribution >= 4 is 29.0 Å². The normalized spacial score (nSPS) is 10.4. The second-order valence-electron chi connectivity index (χ2n) is 3.55. The van der Waals surface area contributed by atoms with E-state index in [-0.39, 0.29) is 21.2 Å². The summed E-state index contributed by atoms with van der Waals surface area (Å²) in [6.07, 6.45) is 0. The lowest BCUT2D eigenvalue weighted by molar-refractivity contribution is 0.103. The van der Waals surface area contributed by atoms with Crippen LogP contribution in [-0.2, 0) is 0 Å². The summed E-state index contributed by atoms with van der Waals surface area (Å²) in [5.74, 6) is -2.44. The summed E-state index contributed by atoms with van der Waals surface area (Å²) in [6.45, 7) is 0. The van der Waals surface area contributed by atoms with Crippen LogP contribution in [0.1, 0.15) is 15.9 Å². The third-order valence-electron chi connectivity index (χ3n) is 2.37. The van der Waals surface area contributed by atoms with Crippen molar-refractivity contribution in [2.45, 2.75) is 0 Å². The van der Waals surface area contributed by atoms with E-state index in [1.807, 2.05) is 0 Å². The number of ketones is 1. The van der Waals surface area contributed by atoms with Crippen molar-refractivity contribution in [1.29, 1.82) is 0 Å². The molecule has 0 aromatic heterocycles. The molecule has 0 aliphatic heterocycles. The number of hydrogen-bond acceptors (Lipinski definition) is 1.